The van der Waals surface area contributed by atoms with E-state index in [-0.39, 0.29) is 32.5 Å². The van der Waals surface area contributed by atoms with Gasteiger partial charge in [0.2, 0.25) is 0 Å². The van der Waals surface area contributed by atoms with Gasteiger partial charge in [0.1, 0.15) is 11.5 Å². The van der Waals surface area contributed by atoms with Crippen LogP contribution < -0.4 is 4.74 Å². The fraction of sp³-hybridized carbons (Fsp3) is 0.385. The van der Waals surface area contributed by atoms with Crippen molar-refractivity contribution < 1.29 is 30.5 Å². The number of nitrogens with zero attached hydrogens (tertiary/aromatic N) is 3. The van der Waals surface area contributed by atoms with Crippen LogP contribution in [0.1, 0.15) is 80.7 Å². The van der Waals surface area contributed by atoms with Gasteiger partial charge in [-0.15, -0.1) is 29.8 Å². The normalized spacial score (nSPS) is 17.3. The molecule has 0 spiro atoms. The molecule has 5 aromatic rings. The molecule has 0 saturated heterocycles. The number of fused-ring (bicyclic) bond motifs is 3. The maximum atomic E-state index is 6.56. The van der Waals surface area contributed by atoms with Gasteiger partial charge in [0.25, 0.3) is 0 Å². The molecule has 5 nitrogen and oxygen atoms in total. The summed E-state index contributed by atoms with van der Waals surface area (Å²) < 4.78 is 14.9. The smallest absolute Gasteiger partial charge is 0.518 e. The van der Waals surface area contributed by atoms with Crippen LogP contribution in [0.25, 0.3) is 27.6 Å². The van der Waals surface area contributed by atoms with Gasteiger partial charge in [-0.25, -0.2) is 4.98 Å². The molecule has 1 saturated carbocycles. The SMILES string of the molecule is Cc1cc(Oc2[c-]c(C3=N[C@H](C4CCCCC4)CO3)c(C)cc2C)[c-]c(-n2c3ccc(C(C)(C)C)cc3c3cccnc32)c1.[Pt+2]. The first-order valence-corrected chi connectivity index (χ1v) is 16.0. The number of ether oxygens (including phenoxy) is 2. The molecule has 1 atom stereocenters. The first-order chi connectivity index (χ1) is 21.2. The number of pyridine rings is 1. The Hall–Kier alpha value is -3.43. The van der Waals surface area contributed by atoms with Crippen LogP contribution in [0, 0.1) is 38.8 Å². The van der Waals surface area contributed by atoms with Crippen LogP contribution >= 0.6 is 0 Å². The number of hydrogen-bond donors (Lipinski definition) is 0. The minimum atomic E-state index is 0. The summed E-state index contributed by atoms with van der Waals surface area (Å²) in [4.78, 5) is 9.87. The largest absolute Gasteiger partial charge is 2.00 e. The van der Waals surface area contributed by atoms with E-state index < -0.39 is 0 Å². The van der Waals surface area contributed by atoms with Gasteiger partial charge >= 0.3 is 21.1 Å². The molecular formula is C39H41N3O2Pt. The maximum absolute atomic E-state index is 6.56. The van der Waals surface area contributed by atoms with Crippen LogP contribution in [0.3, 0.4) is 0 Å². The van der Waals surface area contributed by atoms with Gasteiger partial charge < -0.3 is 14.0 Å². The molecule has 0 N–H and O–H groups in total. The molecule has 2 aliphatic rings. The van der Waals surface area contributed by atoms with Gasteiger partial charge in [0.05, 0.1) is 18.2 Å². The van der Waals surface area contributed by atoms with Crippen molar-refractivity contribution in [2.24, 2.45) is 10.9 Å². The standard InChI is InChI=1S/C39H41N3O2.Pt/c1-24-17-29(42-35-15-14-28(39(4,5)6)20-33(35)31-13-10-16-40-37(31)42)21-30(18-24)44-36-22-32(25(2)19-26(36)3)38-41-34(23-43-38)27-11-8-7-9-12-27;/h10,13-20,27,34H,7-9,11-12,23H2,1-6H3;/q-2;+2/t34-;/m0./s1. The average Bonchev–Trinajstić information content (AvgIpc) is 3.61. The summed E-state index contributed by atoms with van der Waals surface area (Å²) in [5.41, 5.74) is 8.32. The van der Waals surface area contributed by atoms with Crippen LogP contribution in [-0.2, 0) is 31.2 Å². The van der Waals surface area contributed by atoms with Crippen LogP contribution in [0.15, 0.2) is 59.7 Å². The molecule has 0 unspecified atom stereocenters. The number of hydrogen-bond acceptors (Lipinski definition) is 4. The summed E-state index contributed by atoms with van der Waals surface area (Å²) in [5, 5.41) is 2.32. The van der Waals surface area contributed by atoms with Gasteiger partial charge in [-0.1, -0.05) is 89.8 Å². The van der Waals surface area contributed by atoms with Gasteiger partial charge in [0, 0.05) is 28.5 Å². The third kappa shape index (κ3) is 6.09. The summed E-state index contributed by atoms with van der Waals surface area (Å²) in [6, 6.07) is 24.6. The Morgan fingerprint density at radius 1 is 0.911 bits per heavy atom. The zero-order chi connectivity index (χ0) is 30.6. The summed E-state index contributed by atoms with van der Waals surface area (Å²) >= 11 is 0. The molecule has 1 aliphatic carbocycles. The zero-order valence-corrected chi connectivity index (χ0v) is 29.3. The Morgan fingerprint density at radius 2 is 1.71 bits per heavy atom. The minimum absolute atomic E-state index is 0. The van der Waals surface area contributed by atoms with Crippen molar-refractivity contribution in [2.45, 2.75) is 85.1 Å². The Labute approximate surface area is 281 Å². The molecule has 3 aromatic carbocycles. The topological polar surface area (TPSA) is 48.6 Å². The van der Waals surface area contributed by atoms with Crippen molar-refractivity contribution in [3.05, 3.63) is 94.7 Å². The Balaban J connectivity index is 0.00000357. The fourth-order valence-corrected chi connectivity index (χ4v) is 6.89. The van der Waals surface area contributed by atoms with Crippen LogP contribution in [0.2, 0.25) is 0 Å². The molecule has 2 aromatic heterocycles. The van der Waals surface area contributed by atoms with Crippen molar-refractivity contribution in [3.63, 3.8) is 0 Å². The molecule has 3 heterocycles. The van der Waals surface area contributed by atoms with Crippen molar-refractivity contribution in [1.29, 1.82) is 0 Å². The second-order valence-corrected chi connectivity index (χ2v) is 13.8. The quantitative estimate of drug-likeness (QED) is 0.167. The van der Waals surface area contributed by atoms with Gasteiger partial charge in [0.15, 0.2) is 0 Å². The molecule has 0 bridgehead atoms. The third-order valence-corrected chi connectivity index (χ3v) is 9.33. The van der Waals surface area contributed by atoms with E-state index in [1.54, 1.807) is 0 Å². The third-order valence-electron chi connectivity index (χ3n) is 9.33. The Bertz CT molecular complexity index is 1910. The predicted molar refractivity (Wildman–Crippen MR) is 179 cm³/mol. The monoisotopic (exact) mass is 778 g/mol. The predicted octanol–water partition coefficient (Wildman–Crippen LogP) is 9.52. The zero-order valence-electron chi connectivity index (χ0n) is 27.1. The van der Waals surface area contributed by atoms with Gasteiger partial charge in [-0.2, -0.15) is 5.56 Å². The fourth-order valence-electron chi connectivity index (χ4n) is 6.89. The number of aromatic nitrogens is 2. The summed E-state index contributed by atoms with van der Waals surface area (Å²) in [6.07, 6.45) is 8.30. The molecule has 7 rings (SSSR count). The summed E-state index contributed by atoms with van der Waals surface area (Å²) in [6.45, 7) is 13.7. The van der Waals surface area contributed by atoms with Gasteiger partial charge in [-0.3, -0.25) is 4.99 Å². The summed E-state index contributed by atoms with van der Waals surface area (Å²) in [5.74, 6) is 2.63. The molecule has 0 radical (unpaired) electrons. The Kier molecular flexibility index (Phi) is 8.69. The minimum Gasteiger partial charge on any atom is -0.518 e. The van der Waals surface area contributed by atoms with E-state index in [0.29, 0.717) is 29.9 Å². The number of rotatable bonds is 5. The average molecular weight is 779 g/mol. The van der Waals surface area contributed by atoms with Crippen molar-refractivity contribution in [3.8, 4) is 17.2 Å². The molecule has 234 valence electrons. The summed E-state index contributed by atoms with van der Waals surface area (Å²) in [7, 11) is 0. The van der Waals surface area contributed by atoms with Crippen LogP contribution in [0.4, 0.5) is 0 Å². The molecular weight excluding hydrogens is 738 g/mol. The van der Waals surface area contributed by atoms with E-state index in [0.717, 1.165) is 44.5 Å². The van der Waals surface area contributed by atoms with E-state index in [4.69, 9.17) is 19.5 Å². The van der Waals surface area contributed by atoms with E-state index in [1.807, 2.05) is 18.3 Å². The van der Waals surface area contributed by atoms with Crippen molar-refractivity contribution >= 4 is 27.8 Å². The second-order valence-electron chi connectivity index (χ2n) is 13.8. The van der Waals surface area contributed by atoms with Crippen molar-refractivity contribution in [1.82, 2.24) is 9.55 Å². The molecule has 1 aliphatic heterocycles. The molecule has 45 heavy (non-hydrogen) atoms. The molecule has 6 heteroatoms. The van der Waals surface area contributed by atoms with E-state index in [1.165, 1.54) is 43.1 Å². The van der Waals surface area contributed by atoms with Gasteiger partial charge in [-0.05, 0) is 54.0 Å². The van der Waals surface area contributed by atoms with Crippen molar-refractivity contribution in [2.75, 3.05) is 6.61 Å². The first kappa shape index (κ1) is 31.5. The van der Waals surface area contributed by atoms with Crippen LogP contribution in [-0.4, -0.2) is 28.1 Å². The number of aryl methyl sites for hydroxylation is 3. The first-order valence-electron chi connectivity index (χ1n) is 16.0. The van der Waals surface area contributed by atoms with E-state index >= 15 is 0 Å². The van der Waals surface area contributed by atoms with E-state index in [9.17, 15) is 0 Å². The molecule has 0 amide bonds. The second kappa shape index (κ2) is 12.4. The van der Waals surface area contributed by atoms with Crippen LogP contribution in [0.5, 0.6) is 11.5 Å². The molecule has 1 fully saturated rings. The Morgan fingerprint density at radius 3 is 2.49 bits per heavy atom. The van der Waals surface area contributed by atoms with E-state index in [2.05, 4.69) is 94.6 Å². The number of aliphatic imine (C=N–C) groups is 1. The number of benzene rings is 3. The maximum Gasteiger partial charge on any atom is 2.00 e.